The van der Waals surface area contributed by atoms with E-state index in [-0.39, 0.29) is 46.1 Å². The van der Waals surface area contributed by atoms with Crippen molar-refractivity contribution in [2.45, 2.75) is 19.6 Å². The highest BCUT2D eigenvalue weighted by Gasteiger charge is 2.32. The first-order valence-electron chi connectivity index (χ1n) is 11.6. The third-order valence-corrected chi connectivity index (χ3v) is 7.65. The van der Waals surface area contributed by atoms with Crippen LogP contribution in [0.25, 0.3) is 32.2 Å². The number of thiophene rings is 1. The summed E-state index contributed by atoms with van der Waals surface area (Å²) in [6.45, 7) is 1.35. The van der Waals surface area contributed by atoms with Gasteiger partial charge in [-0.3, -0.25) is 9.36 Å². The number of halogens is 5. The number of carboxylic acid groups (broad SMARTS) is 1. The zero-order valence-electron chi connectivity index (χ0n) is 20.7. The molecule has 208 valence electrons. The molecule has 0 unspecified atom stereocenters. The van der Waals surface area contributed by atoms with Crippen molar-refractivity contribution in [1.29, 1.82) is 5.26 Å². The van der Waals surface area contributed by atoms with Gasteiger partial charge in [-0.15, -0.1) is 11.3 Å². The Morgan fingerprint density at radius 2 is 1.93 bits per heavy atom. The van der Waals surface area contributed by atoms with Crippen molar-refractivity contribution >= 4 is 61.6 Å². The van der Waals surface area contributed by atoms with Crippen LogP contribution < -0.4 is 10.3 Å². The lowest BCUT2D eigenvalue weighted by Crippen LogP contribution is -2.27. The van der Waals surface area contributed by atoms with Gasteiger partial charge < -0.3 is 9.84 Å². The van der Waals surface area contributed by atoms with Gasteiger partial charge in [0.25, 0.3) is 5.56 Å². The topological polar surface area (TPSA) is 118 Å². The van der Waals surface area contributed by atoms with E-state index >= 15 is 0 Å². The highest BCUT2D eigenvalue weighted by Crippen LogP contribution is 2.41. The van der Waals surface area contributed by atoms with Crippen LogP contribution in [0.5, 0.6) is 5.75 Å². The molecule has 0 saturated heterocycles. The smallest absolute Gasteiger partial charge is 0.416 e. The molecule has 0 aliphatic rings. The summed E-state index contributed by atoms with van der Waals surface area (Å²) >= 11 is 13.7. The number of aromatic nitrogens is 3. The molecule has 3 aromatic heterocycles. The van der Waals surface area contributed by atoms with Gasteiger partial charge >= 0.3 is 12.1 Å². The van der Waals surface area contributed by atoms with Crippen LogP contribution >= 0.6 is 34.5 Å². The molecular formula is C27H15Cl2F3N4O4S. The molecule has 1 N–H and O–H groups in total. The SMILES string of the molecule is Cc1nc2cc(C(F)(F)F)cc(C#N)c2c(=O)n1CCOc1ccc(Cl)cc1-c1cc(Cl)nc2c(C(=O)O)csc12. The summed E-state index contributed by atoms with van der Waals surface area (Å²) in [4.78, 5) is 33.2. The summed E-state index contributed by atoms with van der Waals surface area (Å²) in [5.74, 6) is -0.679. The first-order chi connectivity index (χ1) is 19.4. The minimum absolute atomic E-state index is 0.00371. The molecule has 0 atom stereocenters. The summed E-state index contributed by atoms with van der Waals surface area (Å²) in [6, 6.07) is 9.40. The van der Waals surface area contributed by atoms with Crippen molar-refractivity contribution in [2.75, 3.05) is 6.61 Å². The maximum absolute atomic E-state index is 13.3. The van der Waals surface area contributed by atoms with Crippen LogP contribution in [0.1, 0.15) is 27.3 Å². The molecule has 0 radical (unpaired) electrons. The average Bonchev–Trinajstić information content (AvgIpc) is 3.33. The van der Waals surface area contributed by atoms with Gasteiger partial charge in [0.15, 0.2) is 0 Å². The molecule has 0 aliphatic carbocycles. The Morgan fingerprint density at radius 1 is 1.17 bits per heavy atom. The zero-order valence-corrected chi connectivity index (χ0v) is 23.0. The van der Waals surface area contributed by atoms with E-state index in [0.717, 1.165) is 6.07 Å². The van der Waals surface area contributed by atoms with E-state index in [9.17, 15) is 33.1 Å². The fraction of sp³-hybridized carbons (Fsp3) is 0.148. The number of hydrogen-bond acceptors (Lipinski definition) is 7. The summed E-state index contributed by atoms with van der Waals surface area (Å²) in [7, 11) is 0. The number of benzene rings is 2. The second-order valence-electron chi connectivity index (χ2n) is 8.76. The summed E-state index contributed by atoms with van der Waals surface area (Å²) < 4.78 is 47.6. The molecule has 3 heterocycles. The van der Waals surface area contributed by atoms with Gasteiger partial charge in [-0.25, -0.2) is 14.8 Å². The Labute approximate surface area is 242 Å². The van der Waals surface area contributed by atoms with Crippen molar-refractivity contribution in [2.24, 2.45) is 0 Å². The van der Waals surface area contributed by atoms with Crippen LogP contribution in [-0.2, 0) is 12.7 Å². The first-order valence-corrected chi connectivity index (χ1v) is 13.3. The van der Waals surface area contributed by atoms with Crippen LogP contribution in [0.4, 0.5) is 13.2 Å². The standard InChI is InChI=1S/C27H15Cl2F3N4O4S/c1-12-34-19-7-14(27(30,31)32)6-13(10-33)22(19)25(37)36(12)4-5-40-20-3-2-15(28)8-16(20)17-9-21(29)35-23-18(26(38)39)11-41-24(17)23/h2-3,6-9,11H,4-5H2,1H3,(H,38,39). The molecule has 0 amide bonds. The second-order valence-corrected chi connectivity index (χ2v) is 10.5. The normalized spacial score (nSPS) is 11.6. The minimum atomic E-state index is -4.71. The zero-order chi connectivity index (χ0) is 29.6. The minimum Gasteiger partial charge on any atom is -0.491 e. The van der Waals surface area contributed by atoms with Crippen LogP contribution in [0.15, 0.2) is 46.6 Å². The van der Waals surface area contributed by atoms with E-state index in [1.54, 1.807) is 30.3 Å². The third kappa shape index (κ3) is 5.31. The highest BCUT2D eigenvalue weighted by molar-refractivity contribution is 7.18. The van der Waals surface area contributed by atoms with E-state index in [2.05, 4.69) is 9.97 Å². The Hall–Kier alpha value is -4.18. The fourth-order valence-corrected chi connectivity index (χ4v) is 5.76. The Bertz CT molecular complexity index is 1980. The highest BCUT2D eigenvalue weighted by atomic mass is 35.5. The number of aromatic carboxylic acids is 1. The molecule has 0 aliphatic heterocycles. The Balaban J connectivity index is 1.51. The van der Waals surface area contributed by atoms with Crippen molar-refractivity contribution in [3.63, 3.8) is 0 Å². The number of ether oxygens (including phenoxy) is 1. The van der Waals surface area contributed by atoms with E-state index in [4.69, 9.17) is 27.9 Å². The molecule has 0 saturated carbocycles. The van der Waals surface area contributed by atoms with Gasteiger partial charge in [0.2, 0.25) is 0 Å². The van der Waals surface area contributed by atoms with Gasteiger partial charge in [0.1, 0.15) is 29.4 Å². The number of carbonyl (C=O) groups is 1. The van der Waals surface area contributed by atoms with Crippen molar-refractivity contribution in [1.82, 2.24) is 14.5 Å². The molecule has 2 aromatic carbocycles. The Kier molecular flexibility index (Phi) is 7.37. The first kappa shape index (κ1) is 28.4. The predicted octanol–water partition coefficient (Wildman–Crippen LogP) is 6.96. The van der Waals surface area contributed by atoms with Crippen LogP contribution in [0, 0.1) is 18.3 Å². The quantitative estimate of drug-likeness (QED) is 0.204. The number of alkyl halides is 3. The summed E-state index contributed by atoms with van der Waals surface area (Å²) in [6.07, 6.45) is -4.71. The fourth-order valence-electron chi connectivity index (χ4n) is 4.39. The molecule has 41 heavy (non-hydrogen) atoms. The van der Waals surface area contributed by atoms with Gasteiger partial charge in [-0.1, -0.05) is 23.2 Å². The molecule has 0 bridgehead atoms. The average molecular weight is 619 g/mol. The van der Waals surface area contributed by atoms with Gasteiger partial charge in [-0.2, -0.15) is 18.4 Å². The number of hydrogen-bond donors (Lipinski definition) is 1. The molecule has 14 heteroatoms. The Morgan fingerprint density at radius 3 is 2.61 bits per heavy atom. The van der Waals surface area contributed by atoms with Crippen molar-refractivity contribution in [3.05, 3.63) is 84.8 Å². The van der Waals surface area contributed by atoms with Crippen LogP contribution in [0.2, 0.25) is 10.2 Å². The monoisotopic (exact) mass is 618 g/mol. The number of nitriles is 1. The van der Waals surface area contributed by atoms with Gasteiger partial charge in [0.05, 0.1) is 44.4 Å². The molecule has 5 rings (SSSR count). The van der Waals surface area contributed by atoms with Crippen molar-refractivity contribution < 1.29 is 27.8 Å². The van der Waals surface area contributed by atoms with E-state index in [1.807, 2.05) is 0 Å². The maximum Gasteiger partial charge on any atom is 0.416 e. The van der Waals surface area contributed by atoms with E-state index in [1.165, 1.54) is 28.2 Å². The number of pyridine rings is 1. The predicted molar refractivity (Wildman–Crippen MR) is 148 cm³/mol. The van der Waals surface area contributed by atoms with Gasteiger partial charge in [-0.05, 0) is 43.3 Å². The lowest BCUT2D eigenvalue weighted by atomic mass is 10.0. The second kappa shape index (κ2) is 10.7. The molecule has 0 fully saturated rings. The molecular weight excluding hydrogens is 604 g/mol. The number of aryl methyl sites for hydroxylation is 1. The molecule has 5 aromatic rings. The lowest BCUT2D eigenvalue weighted by Gasteiger charge is -2.16. The van der Waals surface area contributed by atoms with Crippen molar-refractivity contribution in [3.8, 4) is 22.9 Å². The van der Waals surface area contributed by atoms with Crippen LogP contribution in [-0.4, -0.2) is 32.2 Å². The van der Waals surface area contributed by atoms with Gasteiger partial charge in [0, 0.05) is 21.5 Å². The largest absolute Gasteiger partial charge is 0.491 e. The maximum atomic E-state index is 13.3. The number of nitrogens with zero attached hydrogens (tertiary/aromatic N) is 4. The van der Waals surface area contributed by atoms with E-state index < -0.39 is 28.8 Å². The summed E-state index contributed by atoms with van der Waals surface area (Å²) in [5.41, 5.74) is -1.18. The summed E-state index contributed by atoms with van der Waals surface area (Å²) in [5, 5.41) is 20.6. The third-order valence-electron chi connectivity index (χ3n) is 6.22. The lowest BCUT2D eigenvalue weighted by molar-refractivity contribution is -0.137. The number of fused-ring (bicyclic) bond motifs is 2. The van der Waals surface area contributed by atoms with E-state index in [0.29, 0.717) is 32.7 Å². The number of rotatable bonds is 6. The molecule has 0 spiro atoms. The van der Waals surface area contributed by atoms with Crippen LogP contribution in [0.3, 0.4) is 0 Å². The molecule has 8 nitrogen and oxygen atoms in total. The number of carboxylic acids is 1.